The van der Waals surface area contributed by atoms with Crippen molar-refractivity contribution in [3.63, 3.8) is 0 Å². The molecule has 1 nitrogen and oxygen atoms in total. The largest absolute Gasteiger partial charge is 0.246 e. The lowest BCUT2D eigenvalue weighted by Gasteiger charge is -2.17. The number of halogens is 5. The summed E-state index contributed by atoms with van der Waals surface area (Å²) in [5, 5.41) is 8.84. The molecule has 0 saturated heterocycles. The highest BCUT2D eigenvalue weighted by Crippen LogP contribution is 2.31. The van der Waals surface area contributed by atoms with E-state index in [0.717, 1.165) is 0 Å². The predicted molar refractivity (Wildman–Crippen MR) is 55.2 cm³/mol. The van der Waals surface area contributed by atoms with Crippen molar-refractivity contribution >= 4 is 0 Å². The summed E-state index contributed by atoms with van der Waals surface area (Å²) in [4.78, 5) is 0. The third-order valence-electron chi connectivity index (χ3n) is 2.84. The van der Waals surface area contributed by atoms with E-state index in [-0.39, 0.29) is 16.7 Å². The van der Waals surface area contributed by atoms with Crippen LogP contribution in [0.5, 0.6) is 0 Å². The lowest BCUT2D eigenvalue weighted by molar-refractivity contribution is 0.414. The first-order chi connectivity index (χ1) is 8.69. The molecule has 6 heteroatoms. The minimum Gasteiger partial charge on any atom is -0.246 e. The summed E-state index contributed by atoms with van der Waals surface area (Å²) in [6.07, 6.45) is 0. The Balaban J connectivity index is 3.79. The molecule has 0 spiro atoms. The minimum absolute atomic E-state index is 0.388. The highest BCUT2D eigenvalue weighted by molar-refractivity contribution is 5.56. The first-order valence-electron chi connectivity index (χ1n) is 5.08. The summed E-state index contributed by atoms with van der Waals surface area (Å²) >= 11 is 0. The second kappa shape index (κ2) is 6.34. The number of nitriles is 1. The molecule has 0 atom stereocenters. The Bertz CT molecular complexity index is 445. The first kappa shape index (κ1) is 14.4. The van der Waals surface area contributed by atoms with Crippen LogP contribution in [0.3, 0.4) is 0 Å². The highest BCUT2D eigenvalue weighted by atomic mass is 19.1. The van der Waals surface area contributed by atoms with Crippen molar-refractivity contribution < 1.29 is 22.0 Å². The minimum atomic E-state index is -1.23. The van der Waals surface area contributed by atoms with Gasteiger partial charge in [0.1, 0.15) is 33.4 Å². The molecule has 0 radical (unpaired) electrons. The molecule has 0 heterocycles. The zero-order valence-corrected chi connectivity index (χ0v) is 9.37. The van der Waals surface area contributed by atoms with Gasteiger partial charge in [0.15, 0.2) is 0 Å². The third-order valence-corrected chi connectivity index (χ3v) is 2.84. The Morgan fingerprint density at radius 2 is 0.889 bits per heavy atom. The fourth-order valence-corrected chi connectivity index (χ4v) is 1.94. The molecular weight excluding hydrogens is 253 g/mol. The normalized spacial score (nSPS) is 10.4. The van der Waals surface area contributed by atoms with Crippen LogP contribution in [0.15, 0.2) is 0 Å². The number of alkyl halides is 5. The molecule has 0 aliphatic heterocycles. The van der Waals surface area contributed by atoms with Gasteiger partial charge in [-0.25, -0.2) is 22.0 Å². The Morgan fingerprint density at radius 1 is 0.611 bits per heavy atom. The van der Waals surface area contributed by atoms with Crippen LogP contribution in [0.2, 0.25) is 0 Å². The lowest BCUT2D eigenvalue weighted by atomic mass is 9.89. The standard InChI is InChI=1S/C12H10F5N/c13-1-7-8(2-14)10(4-16)12(6-18)11(5-17)9(7)3-15/h1-5H2. The van der Waals surface area contributed by atoms with Crippen molar-refractivity contribution in [2.75, 3.05) is 0 Å². The van der Waals surface area contributed by atoms with Gasteiger partial charge in [-0.05, 0) is 16.7 Å². The van der Waals surface area contributed by atoms with Crippen molar-refractivity contribution in [1.82, 2.24) is 0 Å². The average molecular weight is 263 g/mol. The number of hydrogen-bond donors (Lipinski definition) is 0. The zero-order valence-electron chi connectivity index (χ0n) is 9.37. The van der Waals surface area contributed by atoms with Crippen molar-refractivity contribution in [2.45, 2.75) is 33.4 Å². The number of benzene rings is 1. The SMILES string of the molecule is N#Cc1c(CF)c(CF)c(CF)c(CF)c1CF. The van der Waals surface area contributed by atoms with E-state index in [0.29, 0.717) is 0 Å². The number of hydrogen-bond acceptors (Lipinski definition) is 1. The first-order valence-corrected chi connectivity index (χ1v) is 5.08. The third kappa shape index (κ3) is 2.17. The van der Waals surface area contributed by atoms with Crippen molar-refractivity contribution in [2.24, 2.45) is 0 Å². The monoisotopic (exact) mass is 263 g/mol. The molecule has 18 heavy (non-hydrogen) atoms. The maximum atomic E-state index is 12.8. The van der Waals surface area contributed by atoms with Gasteiger partial charge < -0.3 is 0 Å². The van der Waals surface area contributed by atoms with Gasteiger partial charge in [-0.3, -0.25) is 0 Å². The molecule has 0 aromatic heterocycles. The quantitative estimate of drug-likeness (QED) is 0.739. The zero-order chi connectivity index (χ0) is 13.7. The van der Waals surface area contributed by atoms with Gasteiger partial charge >= 0.3 is 0 Å². The van der Waals surface area contributed by atoms with Gasteiger partial charge in [0.05, 0.1) is 11.6 Å². The van der Waals surface area contributed by atoms with Gasteiger partial charge in [0.2, 0.25) is 0 Å². The fraction of sp³-hybridized carbons (Fsp3) is 0.417. The van der Waals surface area contributed by atoms with Gasteiger partial charge in [0.25, 0.3) is 0 Å². The summed E-state index contributed by atoms with van der Waals surface area (Å²) in [5.41, 5.74) is -2.38. The van der Waals surface area contributed by atoms with Crippen LogP contribution in [0.1, 0.15) is 33.4 Å². The molecule has 1 aromatic carbocycles. The Hall–Kier alpha value is -1.64. The number of rotatable bonds is 5. The smallest absolute Gasteiger partial charge is 0.116 e. The lowest BCUT2D eigenvalue weighted by Crippen LogP contribution is -2.09. The van der Waals surface area contributed by atoms with Crippen molar-refractivity contribution in [3.8, 4) is 6.07 Å². The summed E-state index contributed by atoms with van der Waals surface area (Å²) < 4.78 is 64.2. The summed E-state index contributed by atoms with van der Waals surface area (Å²) in [6.45, 7) is -6.15. The maximum absolute atomic E-state index is 12.8. The molecule has 0 N–H and O–H groups in total. The van der Waals surface area contributed by atoms with Gasteiger partial charge in [-0.1, -0.05) is 0 Å². The van der Waals surface area contributed by atoms with E-state index < -0.39 is 50.1 Å². The Kier molecular flexibility index (Phi) is 5.08. The molecular formula is C12H10F5N. The highest BCUT2D eigenvalue weighted by Gasteiger charge is 2.23. The van der Waals surface area contributed by atoms with E-state index in [4.69, 9.17) is 5.26 Å². The van der Waals surface area contributed by atoms with Gasteiger partial charge in [-0.15, -0.1) is 0 Å². The molecule has 0 saturated carbocycles. The topological polar surface area (TPSA) is 23.8 Å². The van der Waals surface area contributed by atoms with E-state index in [1.54, 1.807) is 0 Å². The molecule has 1 aromatic rings. The van der Waals surface area contributed by atoms with E-state index in [1.165, 1.54) is 6.07 Å². The van der Waals surface area contributed by atoms with E-state index in [9.17, 15) is 22.0 Å². The van der Waals surface area contributed by atoms with Crippen LogP contribution in [-0.4, -0.2) is 0 Å². The predicted octanol–water partition coefficient (Wildman–Crippen LogP) is 3.91. The molecule has 0 fully saturated rings. The van der Waals surface area contributed by atoms with Crippen LogP contribution in [0.25, 0.3) is 0 Å². The van der Waals surface area contributed by atoms with E-state index >= 15 is 0 Å². The molecule has 0 bridgehead atoms. The van der Waals surface area contributed by atoms with E-state index in [1.807, 2.05) is 0 Å². The van der Waals surface area contributed by atoms with Crippen LogP contribution in [0.4, 0.5) is 22.0 Å². The molecule has 98 valence electrons. The van der Waals surface area contributed by atoms with E-state index in [2.05, 4.69) is 0 Å². The van der Waals surface area contributed by atoms with Gasteiger partial charge in [0, 0.05) is 11.1 Å². The average Bonchev–Trinajstić information content (AvgIpc) is 2.43. The maximum Gasteiger partial charge on any atom is 0.116 e. The Morgan fingerprint density at radius 3 is 1.11 bits per heavy atom. The van der Waals surface area contributed by atoms with Crippen molar-refractivity contribution in [3.05, 3.63) is 33.4 Å². The van der Waals surface area contributed by atoms with Crippen LogP contribution < -0.4 is 0 Å². The fourth-order valence-electron chi connectivity index (χ4n) is 1.94. The second-order valence-electron chi connectivity index (χ2n) is 3.55. The summed E-state index contributed by atoms with van der Waals surface area (Å²) in [6, 6.07) is 1.53. The number of nitrogens with zero attached hydrogens (tertiary/aromatic N) is 1. The van der Waals surface area contributed by atoms with Crippen LogP contribution in [-0.2, 0) is 33.4 Å². The van der Waals surface area contributed by atoms with Crippen LogP contribution >= 0.6 is 0 Å². The van der Waals surface area contributed by atoms with Gasteiger partial charge in [-0.2, -0.15) is 5.26 Å². The molecule has 1 rings (SSSR count). The van der Waals surface area contributed by atoms with Crippen LogP contribution in [0, 0.1) is 11.3 Å². The second-order valence-corrected chi connectivity index (χ2v) is 3.55. The molecule has 0 aliphatic carbocycles. The molecule has 0 unspecified atom stereocenters. The van der Waals surface area contributed by atoms with Crippen molar-refractivity contribution in [1.29, 1.82) is 5.26 Å². The summed E-state index contributed by atoms with van der Waals surface area (Å²) in [7, 11) is 0. The summed E-state index contributed by atoms with van der Waals surface area (Å²) in [5.74, 6) is 0. The Labute approximate surface area is 101 Å². The molecule has 0 amide bonds. The molecule has 0 aliphatic rings.